The molecule has 94 valence electrons. The van der Waals surface area contributed by atoms with Gasteiger partial charge in [-0.05, 0) is 43.0 Å². The number of aromatic hydroxyl groups is 1. The monoisotopic (exact) mass is 234 g/mol. The van der Waals surface area contributed by atoms with Gasteiger partial charge in [0.05, 0.1) is 0 Å². The first-order valence-electron chi connectivity index (χ1n) is 6.43. The number of phenolic OH excluding ortho intramolecular Hbond substituents is 1. The van der Waals surface area contributed by atoms with E-state index in [9.17, 15) is 5.11 Å². The van der Waals surface area contributed by atoms with Gasteiger partial charge in [-0.3, -0.25) is 4.90 Å². The molecule has 2 unspecified atom stereocenters. The van der Waals surface area contributed by atoms with Gasteiger partial charge in [-0.1, -0.05) is 19.1 Å². The Balaban J connectivity index is 2.15. The second kappa shape index (κ2) is 5.52. The van der Waals surface area contributed by atoms with Crippen molar-refractivity contribution in [2.24, 2.45) is 11.7 Å². The van der Waals surface area contributed by atoms with Crippen molar-refractivity contribution in [2.75, 3.05) is 19.6 Å². The van der Waals surface area contributed by atoms with Gasteiger partial charge in [0.15, 0.2) is 0 Å². The smallest absolute Gasteiger partial charge is 0.115 e. The average molecular weight is 234 g/mol. The van der Waals surface area contributed by atoms with E-state index in [-0.39, 0.29) is 6.04 Å². The van der Waals surface area contributed by atoms with Crippen LogP contribution in [0.2, 0.25) is 0 Å². The normalized spacial score (nSPS) is 23.5. The van der Waals surface area contributed by atoms with Crippen molar-refractivity contribution in [2.45, 2.75) is 25.8 Å². The Morgan fingerprint density at radius 2 is 2.35 bits per heavy atom. The molecular formula is C14H22N2O. The minimum atomic E-state index is 0.241. The molecule has 0 saturated carbocycles. The zero-order valence-electron chi connectivity index (χ0n) is 10.5. The van der Waals surface area contributed by atoms with Gasteiger partial charge in [0.1, 0.15) is 5.75 Å². The number of hydrogen-bond donors (Lipinski definition) is 2. The Morgan fingerprint density at radius 1 is 1.53 bits per heavy atom. The fourth-order valence-corrected chi connectivity index (χ4v) is 2.74. The van der Waals surface area contributed by atoms with Crippen LogP contribution in [0.3, 0.4) is 0 Å². The summed E-state index contributed by atoms with van der Waals surface area (Å²) in [6, 6.07) is 7.72. The number of piperidine rings is 1. The molecule has 1 saturated heterocycles. The van der Waals surface area contributed by atoms with E-state index in [1.807, 2.05) is 12.1 Å². The van der Waals surface area contributed by atoms with Crippen LogP contribution in [0, 0.1) is 5.92 Å². The molecule has 0 aromatic heterocycles. The molecule has 1 aliphatic heterocycles. The molecule has 2 atom stereocenters. The summed E-state index contributed by atoms with van der Waals surface area (Å²) in [4.78, 5) is 2.45. The standard InChI is InChI=1S/C14H22N2O/c1-11-4-3-7-16(10-11)14(9-15)12-5-2-6-13(17)8-12/h2,5-6,8,11,14,17H,3-4,7,9-10,15H2,1H3. The van der Waals surface area contributed by atoms with Gasteiger partial charge < -0.3 is 10.8 Å². The molecule has 1 aromatic rings. The van der Waals surface area contributed by atoms with Gasteiger partial charge in [-0.25, -0.2) is 0 Å². The maximum Gasteiger partial charge on any atom is 0.115 e. The molecule has 17 heavy (non-hydrogen) atoms. The SMILES string of the molecule is CC1CCCN(C(CN)c2cccc(O)c2)C1. The molecule has 0 bridgehead atoms. The van der Waals surface area contributed by atoms with Gasteiger partial charge in [-0.15, -0.1) is 0 Å². The molecule has 0 amide bonds. The fourth-order valence-electron chi connectivity index (χ4n) is 2.74. The van der Waals surface area contributed by atoms with Crippen molar-refractivity contribution in [3.8, 4) is 5.75 Å². The minimum absolute atomic E-state index is 0.241. The highest BCUT2D eigenvalue weighted by Crippen LogP contribution is 2.27. The molecule has 2 rings (SSSR count). The summed E-state index contributed by atoms with van der Waals surface area (Å²) in [6.07, 6.45) is 2.56. The highest BCUT2D eigenvalue weighted by atomic mass is 16.3. The van der Waals surface area contributed by atoms with Crippen LogP contribution in [0.15, 0.2) is 24.3 Å². The van der Waals surface area contributed by atoms with Crippen LogP contribution in [-0.4, -0.2) is 29.6 Å². The van der Waals surface area contributed by atoms with Crippen molar-refractivity contribution in [3.63, 3.8) is 0 Å². The topological polar surface area (TPSA) is 49.5 Å². The van der Waals surface area contributed by atoms with Crippen molar-refractivity contribution in [1.82, 2.24) is 4.90 Å². The summed E-state index contributed by atoms with van der Waals surface area (Å²) in [5.41, 5.74) is 7.03. The number of likely N-dealkylation sites (tertiary alicyclic amines) is 1. The lowest BCUT2D eigenvalue weighted by atomic mass is 9.96. The van der Waals surface area contributed by atoms with E-state index in [0.717, 1.165) is 24.6 Å². The van der Waals surface area contributed by atoms with Gasteiger partial charge in [0, 0.05) is 19.1 Å². The second-order valence-electron chi connectivity index (χ2n) is 5.09. The predicted molar refractivity (Wildman–Crippen MR) is 69.9 cm³/mol. The Morgan fingerprint density at radius 3 is 3.00 bits per heavy atom. The first-order valence-corrected chi connectivity index (χ1v) is 6.43. The zero-order valence-corrected chi connectivity index (χ0v) is 10.5. The van der Waals surface area contributed by atoms with E-state index in [1.54, 1.807) is 6.07 Å². The molecule has 1 fully saturated rings. The van der Waals surface area contributed by atoms with E-state index >= 15 is 0 Å². The van der Waals surface area contributed by atoms with E-state index in [0.29, 0.717) is 12.3 Å². The summed E-state index contributed by atoms with van der Waals surface area (Å²) >= 11 is 0. The van der Waals surface area contributed by atoms with E-state index in [2.05, 4.69) is 17.9 Å². The second-order valence-corrected chi connectivity index (χ2v) is 5.09. The molecule has 0 aliphatic carbocycles. The molecule has 1 aliphatic rings. The number of nitrogens with two attached hydrogens (primary N) is 1. The Labute approximate surface area is 103 Å². The molecular weight excluding hydrogens is 212 g/mol. The highest BCUT2D eigenvalue weighted by molar-refractivity contribution is 5.29. The number of hydrogen-bond acceptors (Lipinski definition) is 3. The van der Waals surface area contributed by atoms with Crippen molar-refractivity contribution in [3.05, 3.63) is 29.8 Å². The van der Waals surface area contributed by atoms with Gasteiger partial charge in [-0.2, -0.15) is 0 Å². The van der Waals surface area contributed by atoms with Crippen LogP contribution in [0.5, 0.6) is 5.75 Å². The lowest BCUT2D eigenvalue weighted by molar-refractivity contribution is 0.133. The van der Waals surface area contributed by atoms with Gasteiger partial charge in [0.25, 0.3) is 0 Å². The maximum absolute atomic E-state index is 9.55. The van der Waals surface area contributed by atoms with Crippen molar-refractivity contribution >= 4 is 0 Å². The Hall–Kier alpha value is -1.06. The molecule has 3 N–H and O–H groups in total. The molecule has 1 heterocycles. The molecule has 1 aromatic carbocycles. The largest absolute Gasteiger partial charge is 0.508 e. The van der Waals surface area contributed by atoms with Gasteiger partial charge in [0.2, 0.25) is 0 Å². The number of nitrogens with zero attached hydrogens (tertiary/aromatic N) is 1. The van der Waals surface area contributed by atoms with Crippen LogP contribution in [-0.2, 0) is 0 Å². The summed E-state index contributed by atoms with van der Waals surface area (Å²) in [5.74, 6) is 1.07. The highest BCUT2D eigenvalue weighted by Gasteiger charge is 2.24. The van der Waals surface area contributed by atoms with Crippen LogP contribution >= 0.6 is 0 Å². The first kappa shape index (κ1) is 12.4. The average Bonchev–Trinajstić information content (AvgIpc) is 2.30. The zero-order chi connectivity index (χ0) is 12.3. The van der Waals surface area contributed by atoms with E-state index < -0.39 is 0 Å². The summed E-state index contributed by atoms with van der Waals surface area (Å²) in [5, 5.41) is 9.55. The third-order valence-corrected chi connectivity index (χ3v) is 3.61. The van der Waals surface area contributed by atoms with Crippen LogP contribution < -0.4 is 5.73 Å². The van der Waals surface area contributed by atoms with Crippen LogP contribution in [0.1, 0.15) is 31.4 Å². The van der Waals surface area contributed by atoms with Crippen molar-refractivity contribution < 1.29 is 5.11 Å². The number of benzene rings is 1. The Kier molecular flexibility index (Phi) is 4.02. The molecule has 0 spiro atoms. The summed E-state index contributed by atoms with van der Waals surface area (Å²) < 4.78 is 0. The first-order chi connectivity index (χ1) is 8.20. The lowest BCUT2D eigenvalue weighted by Gasteiger charge is -2.37. The van der Waals surface area contributed by atoms with E-state index in [1.165, 1.54) is 12.8 Å². The third kappa shape index (κ3) is 2.99. The molecule has 3 heteroatoms. The summed E-state index contributed by atoms with van der Waals surface area (Å²) in [7, 11) is 0. The lowest BCUT2D eigenvalue weighted by Crippen LogP contribution is -2.40. The predicted octanol–water partition coefficient (Wildman–Crippen LogP) is 2.12. The number of phenols is 1. The summed E-state index contributed by atoms with van der Waals surface area (Å²) in [6.45, 7) is 5.12. The fraction of sp³-hybridized carbons (Fsp3) is 0.571. The minimum Gasteiger partial charge on any atom is -0.508 e. The maximum atomic E-state index is 9.55. The van der Waals surface area contributed by atoms with Crippen LogP contribution in [0.25, 0.3) is 0 Å². The third-order valence-electron chi connectivity index (χ3n) is 3.61. The van der Waals surface area contributed by atoms with Crippen molar-refractivity contribution in [1.29, 1.82) is 0 Å². The quantitative estimate of drug-likeness (QED) is 0.842. The van der Waals surface area contributed by atoms with Gasteiger partial charge >= 0.3 is 0 Å². The van der Waals surface area contributed by atoms with E-state index in [4.69, 9.17) is 5.73 Å². The molecule has 0 radical (unpaired) electrons. The molecule has 3 nitrogen and oxygen atoms in total. The van der Waals surface area contributed by atoms with Crippen LogP contribution in [0.4, 0.5) is 0 Å². The Bertz CT molecular complexity index is 367. The number of rotatable bonds is 3.